The minimum Gasteiger partial charge on any atom is -0.380 e. The summed E-state index contributed by atoms with van der Waals surface area (Å²) in [6, 6.07) is 62.8. The number of thiazole rings is 1. The number of benzene rings is 1. The van der Waals surface area contributed by atoms with Crippen molar-refractivity contribution in [1.82, 2.24) is 60.6 Å². The van der Waals surface area contributed by atoms with Gasteiger partial charge in [-0.1, -0.05) is 48.5 Å². The summed E-state index contributed by atoms with van der Waals surface area (Å²) >= 11 is 1.85. The largest absolute Gasteiger partial charge is 0.385 e. The second kappa shape index (κ2) is 22.0. The van der Waals surface area contributed by atoms with Crippen LogP contribution in [0, 0.1) is 0 Å². The van der Waals surface area contributed by atoms with Crippen LogP contribution in [0.2, 0.25) is 0 Å². The number of para-hydroxylation sites is 1. The standard InChI is InChI=1S/C21H15N4.2C16H13N4.C15H10N3O.C15H10N3S/c1-2-6-16(7-3-1)25-20-18-13-22-10-9-15(18)14-24(20)19-12-17-8-4-5-11-23(17)21(19)25;2*1-18-14-8-12-4-2-3-7-19(12)16(14)20-10-11-5-6-17-9-13(11)15(18)20;2*1-2-6-17-11(3-1)7-13-15(17)19-14-12-8-16-5-4-10(12)9-18(13)14/h1-13H,14H2;2*2-9H,10H2,1H3;2*1-8H,9H2/q5*+1/i;1D3;;;. The van der Waals surface area contributed by atoms with Gasteiger partial charge in [0.25, 0.3) is 39.0 Å². The van der Waals surface area contributed by atoms with Crippen molar-refractivity contribution >= 4 is 94.0 Å². The molecule has 5 aliphatic heterocycles. The van der Waals surface area contributed by atoms with Crippen LogP contribution in [0.25, 0.3) is 145 Å². The number of nitrogens with zero attached hydrogens (tertiary/aromatic N) is 18. The molecule has 20 heteroatoms. The number of hydrogen-bond acceptors (Lipinski definition) is 7. The molecule has 0 spiro atoms. The molecule has 0 bridgehead atoms. The Morgan fingerprint density at radius 3 is 1.44 bits per heavy atom. The van der Waals surface area contributed by atoms with Crippen LogP contribution >= 0.6 is 11.3 Å². The van der Waals surface area contributed by atoms with Crippen LogP contribution < -0.4 is 22.8 Å². The van der Waals surface area contributed by atoms with Crippen LogP contribution in [0.3, 0.4) is 0 Å². The fourth-order valence-corrected chi connectivity index (χ4v) is 17.8. The third kappa shape index (κ3) is 8.43. The topological polar surface area (TPSA) is 134 Å². The van der Waals surface area contributed by atoms with Gasteiger partial charge in [0.05, 0.1) is 82.4 Å². The van der Waals surface area contributed by atoms with Crippen LogP contribution in [0.15, 0.2) is 279 Å². The number of pyridine rings is 10. The number of hydrogen-bond donors (Lipinski definition) is 0. The summed E-state index contributed by atoms with van der Waals surface area (Å²) in [5.41, 5.74) is 29.1. The first-order valence-electron chi connectivity index (χ1n) is 35.8. The number of oxazole rings is 1. The van der Waals surface area contributed by atoms with Gasteiger partial charge in [-0.05, 0) is 114 Å². The molecule has 26 rings (SSSR count). The van der Waals surface area contributed by atoms with Gasteiger partial charge in [-0.15, -0.1) is 0 Å². The van der Waals surface area contributed by atoms with E-state index in [9.17, 15) is 0 Å². The Morgan fingerprint density at radius 2 is 0.825 bits per heavy atom. The average molecular weight is 1360 g/mol. The maximum Gasteiger partial charge on any atom is 0.385 e. The molecule has 1 aromatic carbocycles. The fraction of sp³-hybridized carbons (Fsp3) is 0.0843. The minimum absolute atomic E-state index is 0.660. The fourth-order valence-electron chi connectivity index (χ4n) is 16.5. The van der Waals surface area contributed by atoms with E-state index in [4.69, 9.17) is 8.53 Å². The maximum absolute atomic E-state index is 8.01. The van der Waals surface area contributed by atoms with E-state index < -0.39 is 6.98 Å². The number of fused-ring (bicyclic) bond motifs is 35. The van der Waals surface area contributed by atoms with Crippen molar-refractivity contribution in [3.63, 3.8) is 0 Å². The Labute approximate surface area is 594 Å². The van der Waals surface area contributed by atoms with Gasteiger partial charge >= 0.3 is 5.89 Å². The molecule has 103 heavy (non-hydrogen) atoms. The zero-order valence-corrected chi connectivity index (χ0v) is 56.2. The molecule has 0 N–H and O–H groups in total. The van der Waals surface area contributed by atoms with E-state index >= 15 is 0 Å². The second-order valence-electron chi connectivity index (χ2n) is 26.7. The lowest BCUT2D eigenvalue weighted by Gasteiger charge is -2.02. The van der Waals surface area contributed by atoms with Crippen LogP contribution in [-0.2, 0) is 46.7 Å². The van der Waals surface area contributed by atoms with Gasteiger partial charge in [0.1, 0.15) is 28.8 Å². The molecule has 19 nitrogen and oxygen atoms in total. The maximum atomic E-state index is 8.01. The highest BCUT2D eigenvalue weighted by atomic mass is 32.1. The predicted molar refractivity (Wildman–Crippen MR) is 395 cm³/mol. The number of rotatable bonds is 1. The smallest absolute Gasteiger partial charge is 0.380 e. The molecule has 0 fully saturated rings. The summed E-state index contributed by atoms with van der Waals surface area (Å²) in [6.45, 7) is 2.04. The SMILES string of the molecule is Cn1c2[n+](c3c1cc1ccccn13)Cc1ccncc1-2.[2H]C([2H])([2H])n1c2[n+](c3c1cc1ccccn13)Cc1ccncc1-2.c1ccc(-n2c3[n+](c4cc5ccccn5c42)Cc2ccncc2-3)cc1.c1ccn2c(c1)cc1c2oc2[n+]1Cc1ccncc1-2.c1ccn2c(c1)cc1c2sc2[n+]1Cc1ccncc1-2. The van der Waals surface area contributed by atoms with Gasteiger partial charge in [0, 0.05) is 139 Å². The molecule has 21 aromatic rings. The van der Waals surface area contributed by atoms with E-state index in [1.807, 2.05) is 120 Å². The lowest BCUT2D eigenvalue weighted by Crippen LogP contribution is -2.32. The summed E-state index contributed by atoms with van der Waals surface area (Å²) in [5.74, 6) is 4.07. The van der Waals surface area contributed by atoms with Crippen molar-refractivity contribution in [1.29, 1.82) is 0 Å². The van der Waals surface area contributed by atoms with Crippen LogP contribution in [-0.4, -0.2) is 60.6 Å². The Morgan fingerprint density at radius 1 is 0.388 bits per heavy atom. The van der Waals surface area contributed by atoms with Crippen LogP contribution in [0.1, 0.15) is 31.9 Å². The third-order valence-electron chi connectivity index (χ3n) is 21.1. The monoisotopic (exact) mass is 1360 g/mol. The van der Waals surface area contributed by atoms with E-state index in [1.54, 1.807) is 12.4 Å². The van der Waals surface area contributed by atoms with Gasteiger partial charge in [-0.2, -0.15) is 13.7 Å². The second-order valence-corrected chi connectivity index (χ2v) is 27.6. The normalized spacial score (nSPS) is 13.5. The van der Waals surface area contributed by atoms with Crippen molar-refractivity contribution in [2.75, 3.05) is 0 Å². The molecule has 0 unspecified atom stereocenters. The van der Waals surface area contributed by atoms with Crippen LogP contribution in [0.5, 0.6) is 0 Å². The summed E-state index contributed by atoms with van der Waals surface area (Å²) in [7, 11) is 2.13. The molecule has 20 aromatic heterocycles. The Kier molecular flexibility index (Phi) is 11.6. The molecule has 0 aliphatic carbocycles. The van der Waals surface area contributed by atoms with Crippen molar-refractivity contribution in [2.45, 2.75) is 32.7 Å². The first-order chi connectivity index (χ1) is 52.1. The quantitative estimate of drug-likeness (QED) is 0.150. The van der Waals surface area contributed by atoms with Crippen molar-refractivity contribution in [3.8, 4) is 61.9 Å². The van der Waals surface area contributed by atoms with E-state index in [1.165, 1.54) is 115 Å². The number of aromatic nitrogens is 18. The molecular formula is C83H61N18OS+5. The molecular weight excluding hydrogens is 1300 g/mol. The average Bonchev–Trinajstić information content (AvgIpc) is 1.58. The zero-order valence-electron chi connectivity index (χ0n) is 58.4. The Balaban J connectivity index is 0.0000000830. The highest BCUT2D eigenvalue weighted by molar-refractivity contribution is 7.20. The zero-order chi connectivity index (χ0) is 70.2. The van der Waals surface area contributed by atoms with E-state index in [0.29, 0.717) is 12.4 Å². The summed E-state index contributed by atoms with van der Waals surface area (Å²) in [4.78, 5) is 22.6. The molecule has 0 atom stereocenters. The van der Waals surface area contributed by atoms with Gasteiger partial charge < -0.3 is 8.82 Å². The lowest BCUT2D eigenvalue weighted by atomic mass is 10.2. The lowest BCUT2D eigenvalue weighted by molar-refractivity contribution is -0.649. The molecule has 0 radical (unpaired) electrons. The highest BCUT2D eigenvalue weighted by Gasteiger charge is 2.40. The molecule has 0 amide bonds. The molecule has 490 valence electrons. The first kappa shape index (κ1) is 54.5. The summed E-state index contributed by atoms with van der Waals surface area (Å²) in [5, 5.41) is 1.33. The molecule has 0 saturated heterocycles. The third-order valence-corrected chi connectivity index (χ3v) is 22.3. The van der Waals surface area contributed by atoms with Gasteiger partial charge in [0.15, 0.2) is 34.5 Å². The van der Waals surface area contributed by atoms with Crippen molar-refractivity contribution in [3.05, 3.63) is 303 Å². The Bertz CT molecular complexity index is 7080. The van der Waals surface area contributed by atoms with E-state index in [-0.39, 0.29) is 0 Å². The molecule has 25 heterocycles. The minimum atomic E-state index is -2.25. The van der Waals surface area contributed by atoms with Crippen LogP contribution in [0.4, 0.5) is 0 Å². The van der Waals surface area contributed by atoms with Crippen molar-refractivity contribution in [2.24, 2.45) is 14.0 Å². The van der Waals surface area contributed by atoms with E-state index in [0.717, 1.165) is 82.2 Å². The van der Waals surface area contributed by atoms with Gasteiger partial charge in [-0.3, -0.25) is 42.9 Å². The number of imidazole rings is 3. The van der Waals surface area contributed by atoms with Gasteiger partial charge in [-0.25, -0.2) is 22.5 Å². The Hall–Kier alpha value is -13.5. The summed E-state index contributed by atoms with van der Waals surface area (Å²) in [6.07, 6.45) is 29.2. The molecule has 0 saturated carbocycles. The van der Waals surface area contributed by atoms with Gasteiger partial charge in [0.2, 0.25) is 17.2 Å². The molecule has 5 aliphatic rings. The van der Waals surface area contributed by atoms with E-state index in [2.05, 4.69) is 240 Å². The highest BCUT2D eigenvalue weighted by Crippen LogP contribution is 2.39. The first-order valence-corrected chi connectivity index (χ1v) is 35.1. The predicted octanol–water partition coefficient (Wildman–Crippen LogP) is 13.1. The summed E-state index contributed by atoms with van der Waals surface area (Å²) < 4.78 is 58.6. The number of aryl methyl sites for hydroxylation is 2. The van der Waals surface area contributed by atoms with Crippen molar-refractivity contribution < 1.29 is 31.4 Å².